The quantitative estimate of drug-likeness (QED) is 0.0184. The third-order valence-electron chi connectivity index (χ3n) is 14.3. The first-order valence-corrected chi connectivity index (χ1v) is 38.7. The minimum atomic E-state index is -5.41. The molecule has 550 valence electrons. The number of nitrogens with zero attached hydrogens (tertiary/aromatic N) is 10. The van der Waals surface area contributed by atoms with Crippen molar-refractivity contribution in [2.75, 3.05) is 105 Å². The average Bonchev–Trinajstić information content (AvgIpc) is 0.773. The number of H-pyrrole nitrogens is 6. The Hall–Kier alpha value is -8.72. The topological polar surface area (TPSA) is 589 Å². The van der Waals surface area contributed by atoms with Crippen molar-refractivity contribution < 1.29 is 100 Å². The van der Waals surface area contributed by atoms with Crippen LogP contribution in [-0.2, 0) is 60.3 Å². The number of rotatable bonds is 33. The lowest BCUT2D eigenvalue weighted by molar-refractivity contribution is 0.217. The molecule has 6 aromatic carbocycles. The van der Waals surface area contributed by atoms with Crippen molar-refractivity contribution in [3.63, 3.8) is 0 Å². The molecule has 0 radical (unpaired) electrons. The summed E-state index contributed by atoms with van der Waals surface area (Å²) in [5.74, 6) is 0. The summed E-state index contributed by atoms with van der Waals surface area (Å²) in [6, 6.07) is 26.4. The Morgan fingerprint density at radius 1 is 0.265 bits per heavy atom. The van der Waals surface area contributed by atoms with Crippen LogP contribution >= 0.6 is 0 Å². The van der Waals surface area contributed by atoms with Crippen LogP contribution in [0.1, 0.15) is 0 Å². The van der Waals surface area contributed by atoms with Gasteiger partial charge in [0.1, 0.15) is 9.79 Å². The molecular formula is C58H70N16O22S6. The van der Waals surface area contributed by atoms with Gasteiger partial charge in [0, 0.05) is 63.5 Å². The molecule has 44 heteroatoms. The van der Waals surface area contributed by atoms with Crippen LogP contribution in [0.2, 0.25) is 0 Å². The van der Waals surface area contributed by atoms with Gasteiger partial charge in [-0.05, 0) is 97.1 Å². The van der Waals surface area contributed by atoms with Crippen molar-refractivity contribution in [2.45, 2.75) is 29.4 Å². The van der Waals surface area contributed by atoms with Gasteiger partial charge in [-0.15, -0.1) is 0 Å². The second-order valence-electron chi connectivity index (χ2n) is 21.2. The Balaban J connectivity index is 1.29. The highest BCUT2D eigenvalue weighted by Gasteiger charge is 2.29. The first kappa shape index (κ1) is 79.0. The zero-order valence-electron chi connectivity index (χ0n) is 53.3. The first-order valence-electron chi connectivity index (χ1n) is 30.1. The lowest BCUT2D eigenvalue weighted by Crippen LogP contribution is -2.37. The fourth-order valence-electron chi connectivity index (χ4n) is 9.75. The van der Waals surface area contributed by atoms with Crippen LogP contribution in [0.4, 0.5) is 34.1 Å². The molecule has 0 aliphatic heterocycles. The number of sulfonamides is 4. The van der Waals surface area contributed by atoms with Crippen LogP contribution in [0.5, 0.6) is 0 Å². The highest BCUT2D eigenvalue weighted by Crippen LogP contribution is 2.37. The molecule has 0 saturated heterocycles. The van der Waals surface area contributed by atoms with Crippen LogP contribution in [0, 0.1) is 0 Å². The molecule has 0 amide bonds. The van der Waals surface area contributed by atoms with Crippen LogP contribution < -0.4 is 33.7 Å². The molecule has 0 spiro atoms. The minimum absolute atomic E-state index is 0.0398. The average molecular weight is 1540 g/mol. The number of aromatic amines is 6. The molecule has 0 bridgehead atoms. The van der Waals surface area contributed by atoms with Gasteiger partial charge in [-0.25, -0.2) is 63.6 Å². The van der Waals surface area contributed by atoms with Gasteiger partial charge in [0.2, 0.25) is 73.8 Å². The van der Waals surface area contributed by atoms with Gasteiger partial charge in [0.25, 0.3) is 20.2 Å². The zero-order chi connectivity index (χ0) is 74.2. The SMILES string of the molecule is O=S(=O)(O)c1cc(N=c2[nH]c(=Nc3cccc(S(=O)(=O)N(CCO)CCO)c3)[nH]c(=Nc3cccc(S(=O)(=O)N(CCO)CCO)c3)[nH]2)ccc1-c1ccc(N=c2[nH]c(=Nc3cccc(S(=O)(=O)N(CCO)CCO)c3)[nH]c(=Nc3cccc(S(=O)(=O)N(CCO)CCO)c3)[nH]2)cc1S(=O)(=O)O. The van der Waals surface area contributed by atoms with Crippen molar-refractivity contribution in [1.29, 1.82) is 0 Å². The molecule has 16 N–H and O–H groups in total. The maximum absolute atomic E-state index is 13.6. The highest BCUT2D eigenvalue weighted by atomic mass is 32.2. The Kier molecular flexibility index (Phi) is 26.7. The highest BCUT2D eigenvalue weighted by molar-refractivity contribution is 7.90. The fourth-order valence-corrected chi connectivity index (χ4v) is 17.1. The van der Waals surface area contributed by atoms with Gasteiger partial charge in [-0.1, -0.05) is 36.4 Å². The molecule has 8 rings (SSSR count). The first-order chi connectivity index (χ1) is 48.4. The lowest BCUT2D eigenvalue weighted by Gasteiger charge is -2.20. The van der Waals surface area contributed by atoms with Gasteiger partial charge in [0.15, 0.2) is 0 Å². The lowest BCUT2D eigenvalue weighted by atomic mass is 10.0. The normalized spacial score (nSPS) is 13.5. The summed E-state index contributed by atoms with van der Waals surface area (Å²) in [5.41, 5.74) is -3.59. The zero-order valence-corrected chi connectivity index (χ0v) is 58.2. The van der Waals surface area contributed by atoms with E-state index in [0.29, 0.717) is 0 Å². The minimum Gasteiger partial charge on any atom is -0.395 e. The van der Waals surface area contributed by atoms with Crippen molar-refractivity contribution in [2.24, 2.45) is 30.0 Å². The number of aromatic nitrogens is 6. The van der Waals surface area contributed by atoms with E-state index in [2.05, 4.69) is 59.9 Å². The molecular weight excluding hydrogens is 1470 g/mol. The summed E-state index contributed by atoms with van der Waals surface area (Å²) in [6.45, 7) is -7.53. The van der Waals surface area contributed by atoms with E-state index < -0.39 is 134 Å². The largest absolute Gasteiger partial charge is 0.395 e. The predicted octanol–water partition coefficient (Wildman–Crippen LogP) is -2.89. The number of hydrogen-bond acceptors (Lipinski definition) is 26. The number of hydrogen-bond donors (Lipinski definition) is 16. The maximum atomic E-state index is 13.6. The summed E-state index contributed by atoms with van der Waals surface area (Å²) in [7, 11) is -28.2. The van der Waals surface area contributed by atoms with Crippen LogP contribution in [0.25, 0.3) is 11.1 Å². The van der Waals surface area contributed by atoms with Gasteiger partial charge in [-0.2, -0.15) is 34.1 Å². The Morgan fingerprint density at radius 2 is 0.451 bits per heavy atom. The predicted molar refractivity (Wildman–Crippen MR) is 359 cm³/mol. The van der Waals surface area contributed by atoms with E-state index in [1.54, 1.807) is 0 Å². The smallest absolute Gasteiger partial charge is 0.295 e. The van der Waals surface area contributed by atoms with Crippen molar-refractivity contribution in [3.8, 4) is 11.1 Å². The summed E-state index contributed by atoms with van der Waals surface area (Å²) >= 11 is 0. The molecule has 0 atom stereocenters. The van der Waals surface area contributed by atoms with Crippen molar-refractivity contribution in [3.05, 3.63) is 167 Å². The molecule has 8 aromatic rings. The maximum Gasteiger partial charge on any atom is 0.295 e. The summed E-state index contributed by atoms with van der Waals surface area (Å²) < 4.78 is 188. The van der Waals surface area contributed by atoms with E-state index in [4.69, 9.17) is 0 Å². The molecule has 0 aliphatic rings. The van der Waals surface area contributed by atoms with Crippen LogP contribution in [0.3, 0.4) is 0 Å². The van der Waals surface area contributed by atoms with Crippen molar-refractivity contribution >= 4 is 94.5 Å². The molecule has 102 heavy (non-hydrogen) atoms. The number of nitrogens with one attached hydrogen (secondary N) is 6. The van der Waals surface area contributed by atoms with Gasteiger partial charge < -0.3 is 40.9 Å². The third kappa shape index (κ3) is 19.9. The molecule has 0 unspecified atom stereocenters. The summed E-state index contributed by atoms with van der Waals surface area (Å²) in [6.07, 6.45) is 0. The van der Waals surface area contributed by atoms with E-state index in [0.717, 1.165) is 77.9 Å². The Morgan fingerprint density at radius 3 is 0.627 bits per heavy atom. The van der Waals surface area contributed by atoms with Gasteiger partial charge in [0.05, 0.1) is 107 Å². The van der Waals surface area contributed by atoms with E-state index in [1.165, 1.54) is 72.8 Å². The fraction of sp³-hybridized carbons (Fsp3) is 0.276. The van der Waals surface area contributed by atoms with E-state index >= 15 is 0 Å². The van der Waals surface area contributed by atoms with Crippen molar-refractivity contribution in [1.82, 2.24) is 47.1 Å². The van der Waals surface area contributed by atoms with Crippen LogP contribution in [0.15, 0.2) is 193 Å². The van der Waals surface area contributed by atoms with Crippen LogP contribution in [-0.4, -0.2) is 253 Å². The molecule has 2 heterocycles. The molecule has 2 aromatic heterocycles. The second kappa shape index (κ2) is 34.5. The van der Waals surface area contributed by atoms with E-state index in [-0.39, 0.29) is 140 Å². The number of benzene rings is 6. The molecule has 0 fully saturated rings. The second-order valence-corrected chi connectivity index (χ2v) is 31.7. The van der Waals surface area contributed by atoms with Gasteiger partial charge >= 0.3 is 0 Å². The Bertz CT molecular complexity index is 4920. The van der Waals surface area contributed by atoms with E-state index in [1.807, 2.05) is 0 Å². The monoisotopic (exact) mass is 1530 g/mol. The van der Waals surface area contributed by atoms with E-state index in [9.17, 15) is 100 Å². The number of aliphatic hydroxyl groups is 8. The van der Waals surface area contributed by atoms with Gasteiger partial charge in [-0.3, -0.25) is 39.0 Å². The molecule has 0 aliphatic carbocycles. The Labute approximate surface area is 581 Å². The molecule has 38 nitrogen and oxygen atoms in total. The number of aliphatic hydroxyl groups excluding tert-OH is 8. The summed E-state index contributed by atoms with van der Waals surface area (Å²) in [4.78, 5) is 40.3. The standard InChI is InChI=1S/C58H70N16O22S6/c75-25-17-71(18-26-76)97(83,84)45-9-1-5-39(33-45)59-53-65-54(60-40-6-2-10-46(34-40)98(85,86)72(19-27-77)20-28-78)68-57(67-53)63-43-13-15-49(51(37-43)101(91,92)93)50-16-14-44(38-52(50)102(94,95)96)64-58-69-55(61-41-7-3-11-47(35-41)99(87,88)73(21-29-79)22-30-80)66-56(70-58)62-42-8-4-12-48(36-42)100(89,90)74(23-31-81)24-32-82/h1-16,33-38,75-82H,17-32H2,(H,91,92,93)(H,94,95,96)(H3,59,60,63,65,67,68)(H3,61,62,64,66,69,70). The summed E-state index contributed by atoms with van der Waals surface area (Å²) in [5, 5.41) is 76.6. The molecule has 0 saturated carbocycles. The third-order valence-corrected chi connectivity index (χ3v) is 23.6.